The molecule has 0 aliphatic heterocycles. The van der Waals surface area contributed by atoms with Gasteiger partial charge in [-0.25, -0.2) is 0 Å². The van der Waals surface area contributed by atoms with E-state index in [1.165, 1.54) is 17.5 Å². The standard InChI is InChI=1S/C16H18N2/c17-13-7-3-1-2-4-9-15-12-11-14-8-5-6-10-16(14)18-15/h5-6,8,10-12H,1-4,7,9H2. The Labute approximate surface area is 108 Å². The van der Waals surface area contributed by atoms with Crippen LogP contribution in [0.5, 0.6) is 0 Å². The van der Waals surface area contributed by atoms with Crippen LogP contribution in [0.25, 0.3) is 10.9 Å². The molecule has 2 aromatic rings. The molecule has 1 aromatic heterocycles. The minimum atomic E-state index is 0.689. The van der Waals surface area contributed by atoms with Gasteiger partial charge in [0.2, 0.25) is 0 Å². The first-order chi connectivity index (χ1) is 8.90. The van der Waals surface area contributed by atoms with Crippen molar-refractivity contribution in [3.63, 3.8) is 0 Å². The van der Waals surface area contributed by atoms with Gasteiger partial charge in [0.05, 0.1) is 11.6 Å². The van der Waals surface area contributed by atoms with Crippen molar-refractivity contribution >= 4 is 10.9 Å². The summed E-state index contributed by atoms with van der Waals surface area (Å²) in [7, 11) is 0. The van der Waals surface area contributed by atoms with Gasteiger partial charge in [-0.15, -0.1) is 0 Å². The maximum atomic E-state index is 8.44. The molecule has 0 bridgehead atoms. The Morgan fingerprint density at radius 2 is 1.78 bits per heavy atom. The molecule has 0 aliphatic carbocycles. The molecule has 2 rings (SSSR count). The van der Waals surface area contributed by atoms with E-state index < -0.39 is 0 Å². The van der Waals surface area contributed by atoms with Gasteiger partial charge >= 0.3 is 0 Å². The van der Waals surface area contributed by atoms with Crippen LogP contribution < -0.4 is 0 Å². The third-order valence-electron chi connectivity index (χ3n) is 3.13. The number of hydrogen-bond acceptors (Lipinski definition) is 2. The molecule has 0 amide bonds. The topological polar surface area (TPSA) is 36.7 Å². The van der Waals surface area contributed by atoms with E-state index >= 15 is 0 Å². The molecule has 2 nitrogen and oxygen atoms in total. The summed E-state index contributed by atoms with van der Waals surface area (Å²) in [6.45, 7) is 0. The van der Waals surface area contributed by atoms with Gasteiger partial charge in [-0.1, -0.05) is 37.1 Å². The number of aromatic nitrogens is 1. The molecule has 0 unspecified atom stereocenters. The van der Waals surface area contributed by atoms with Gasteiger partial charge in [-0.05, 0) is 31.4 Å². The molecule has 92 valence electrons. The van der Waals surface area contributed by atoms with Gasteiger partial charge in [0.25, 0.3) is 0 Å². The summed E-state index contributed by atoms with van der Waals surface area (Å²) in [4.78, 5) is 4.66. The van der Waals surface area contributed by atoms with Crippen molar-refractivity contribution in [1.29, 1.82) is 5.26 Å². The molecule has 2 heteroatoms. The average Bonchev–Trinajstić information content (AvgIpc) is 2.42. The molecule has 0 N–H and O–H groups in total. The van der Waals surface area contributed by atoms with Crippen molar-refractivity contribution in [2.75, 3.05) is 0 Å². The van der Waals surface area contributed by atoms with Crippen LogP contribution in [0, 0.1) is 11.3 Å². The number of aryl methyl sites for hydroxylation is 1. The fourth-order valence-electron chi connectivity index (χ4n) is 2.11. The van der Waals surface area contributed by atoms with Gasteiger partial charge in [-0.2, -0.15) is 5.26 Å². The van der Waals surface area contributed by atoms with Crippen molar-refractivity contribution in [2.45, 2.75) is 38.5 Å². The van der Waals surface area contributed by atoms with Gasteiger partial charge in [0.15, 0.2) is 0 Å². The first kappa shape index (κ1) is 12.6. The van der Waals surface area contributed by atoms with Crippen LogP contribution >= 0.6 is 0 Å². The van der Waals surface area contributed by atoms with Crippen LogP contribution in [-0.4, -0.2) is 4.98 Å². The molecule has 0 saturated heterocycles. The van der Waals surface area contributed by atoms with Crippen LogP contribution in [0.3, 0.4) is 0 Å². The minimum Gasteiger partial charge on any atom is -0.253 e. The second-order valence-corrected chi connectivity index (χ2v) is 4.57. The zero-order valence-electron chi connectivity index (χ0n) is 10.6. The van der Waals surface area contributed by atoms with E-state index in [-0.39, 0.29) is 0 Å². The van der Waals surface area contributed by atoms with Crippen LogP contribution in [-0.2, 0) is 6.42 Å². The predicted octanol–water partition coefficient (Wildman–Crippen LogP) is 4.25. The van der Waals surface area contributed by atoms with Gasteiger partial charge < -0.3 is 0 Å². The van der Waals surface area contributed by atoms with E-state index in [4.69, 9.17) is 5.26 Å². The minimum absolute atomic E-state index is 0.689. The SMILES string of the molecule is N#CCCCCCCc1ccc2ccccc2n1. The lowest BCUT2D eigenvalue weighted by Crippen LogP contribution is -1.91. The quantitative estimate of drug-likeness (QED) is 0.705. The lowest BCUT2D eigenvalue weighted by Gasteiger charge is -2.03. The molecule has 0 atom stereocenters. The highest BCUT2D eigenvalue weighted by Gasteiger charge is 1.98. The van der Waals surface area contributed by atoms with Crippen LogP contribution in [0.4, 0.5) is 0 Å². The van der Waals surface area contributed by atoms with E-state index in [1.54, 1.807) is 0 Å². The Morgan fingerprint density at radius 1 is 0.944 bits per heavy atom. The predicted molar refractivity (Wildman–Crippen MR) is 74.1 cm³/mol. The molecule has 0 fully saturated rings. The van der Waals surface area contributed by atoms with E-state index in [1.807, 2.05) is 12.1 Å². The molecule has 0 radical (unpaired) electrons. The first-order valence-electron chi connectivity index (χ1n) is 6.62. The third kappa shape index (κ3) is 3.56. The normalized spacial score (nSPS) is 10.4. The van der Waals surface area contributed by atoms with E-state index in [0.29, 0.717) is 6.42 Å². The maximum Gasteiger partial charge on any atom is 0.0705 e. The fourth-order valence-corrected chi connectivity index (χ4v) is 2.11. The van der Waals surface area contributed by atoms with Crippen molar-refractivity contribution in [2.24, 2.45) is 0 Å². The van der Waals surface area contributed by atoms with Crippen molar-refractivity contribution in [3.8, 4) is 6.07 Å². The Bertz CT molecular complexity index is 540. The largest absolute Gasteiger partial charge is 0.253 e. The Morgan fingerprint density at radius 3 is 2.67 bits per heavy atom. The summed E-state index contributed by atoms with van der Waals surface area (Å²) in [6, 6.07) is 14.7. The molecule has 1 heterocycles. The lowest BCUT2D eigenvalue weighted by molar-refractivity contribution is 0.644. The summed E-state index contributed by atoms with van der Waals surface area (Å²) in [5.41, 5.74) is 2.26. The van der Waals surface area contributed by atoms with Gasteiger partial charge in [0.1, 0.15) is 0 Å². The lowest BCUT2D eigenvalue weighted by atomic mass is 10.1. The number of hydrogen-bond donors (Lipinski definition) is 0. The molecular weight excluding hydrogens is 220 g/mol. The zero-order valence-corrected chi connectivity index (χ0v) is 10.6. The Hall–Kier alpha value is -1.88. The van der Waals surface area contributed by atoms with Crippen LogP contribution in [0.15, 0.2) is 36.4 Å². The second-order valence-electron chi connectivity index (χ2n) is 4.57. The van der Waals surface area contributed by atoms with E-state index in [9.17, 15) is 0 Å². The van der Waals surface area contributed by atoms with E-state index in [0.717, 1.165) is 31.2 Å². The zero-order chi connectivity index (χ0) is 12.6. The fraction of sp³-hybridized carbons (Fsp3) is 0.375. The molecular formula is C16H18N2. The van der Waals surface area contributed by atoms with Crippen LogP contribution in [0.2, 0.25) is 0 Å². The van der Waals surface area contributed by atoms with Crippen molar-refractivity contribution in [1.82, 2.24) is 4.98 Å². The summed E-state index contributed by atoms with van der Waals surface area (Å²) in [5, 5.41) is 9.65. The number of para-hydroxylation sites is 1. The highest BCUT2D eigenvalue weighted by molar-refractivity contribution is 5.78. The monoisotopic (exact) mass is 238 g/mol. The molecule has 1 aromatic carbocycles. The Balaban J connectivity index is 1.83. The maximum absolute atomic E-state index is 8.44. The van der Waals surface area contributed by atoms with Gasteiger partial charge in [-0.3, -0.25) is 4.98 Å². The van der Waals surface area contributed by atoms with Crippen LogP contribution in [0.1, 0.15) is 37.8 Å². The summed E-state index contributed by atoms with van der Waals surface area (Å²) >= 11 is 0. The third-order valence-corrected chi connectivity index (χ3v) is 3.13. The number of benzene rings is 1. The molecule has 0 spiro atoms. The molecule has 0 aliphatic rings. The molecule has 0 saturated carbocycles. The van der Waals surface area contributed by atoms with E-state index in [2.05, 4.69) is 35.3 Å². The second kappa shape index (κ2) is 6.76. The molecule has 18 heavy (non-hydrogen) atoms. The number of unbranched alkanes of at least 4 members (excludes halogenated alkanes) is 4. The highest BCUT2D eigenvalue weighted by atomic mass is 14.7. The van der Waals surface area contributed by atoms with Gasteiger partial charge in [0, 0.05) is 17.5 Å². The number of pyridine rings is 1. The number of nitrogens with zero attached hydrogens (tertiary/aromatic N) is 2. The number of rotatable bonds is 6. The van der Waals surface area contributed by atoms with Crippen molar-refractivity contribution in [3.05, 3.63) is 42.1 Å². The summed E-state index contributed by atoms with van der Waals surface area (Å²) in [6.07, 6.45) is 6.27. The summed E-state index contributed by atoms with van der Waals surface area (Å²) < 4.78 is 0. The average molecular weight is 238 g/mol. The number of nitriles is 1. The Kier molecular flexibility index (Phi) is 4.72. The van der Waals surface area contributed by atoms with Crippen molar-refractivity contribution < 1.29 is 0 Å². The number of fused-ring (bicyclic) bond motifs is 1. The highest BCUT2D eigenvalue weighted by Crippen LogP contribution is 2.13. The smallest absolute Gasteiger partial charge is 0.0705 e. The first-order valence-corrected chi connectivity index (χ1v) is 6.62. The summed E-state index contributed by atoms with van der Waals surface area (Å²) in [5.74, 6) is 0.